The Morgan fingerprint density at radius 1 is 0.459 bits per heavy atom. The maximum absolute atomic E-state index is 6.32. The molecule has 0 radical (unpaired) electrons. The molecule has 0 N–H and O–H groups in total. The van der Waals surface area contributed by atoms with Gasteiger partial charge >= 0.3 is 0 Å². The van der Waals surface area contributed by atoms with E-state index in [2.05, 4.69) is 228 Å². The maximum atomic E-state index is 6.32. The van der Waals surface area contributed by atoms with Crippen LogP contribution in [-0.4, -0.2) is 4.57 Å². The number of fused-ring (bicyclic) bond motifs is 8. The minimum Gasteiger partial charge on any atom is -0.456 e. The first-order valence-electron chi connectivity index (χ1n) is 21.1. The summed E-state index contributed by atoms with van der Waals surface area (Å²) in [6.45, 7) is 0. The lowest BCUT2D eigenvalue weighted by Gasteiger charge is -2.30. The molecule has 0 bridgehead atoms. The topological polar surface area (TPSA) is 21.3 Å². The standard InChI is InChI=1S/C58H40N2O/c1-2-12-39(13-3-1)40-24-31-45(32-25-40)59(48-16-10-15-44(38-48)49-20-11-23-56-57(49)53-19-7-9-22-55(53)61-56)46-33-26-41(27-34-46)42-28-35-47(36-29-42)60-54-21-8-6-18-51(54)52-37-30-43-14-4-5-17-50(43)58(52)60/h1-14,16-38,44H,15H2. The van der Waals surface area contributed by atoms with Gasteiger partial charge in [0.15, 0.2) is 0 Å². The summed E-state index contributed by atoms with van der Waals surface area (Å²) in [6, 6.07) is 74.4. The van der Waals surface area contributed by atoms with Crippen molar-refractivity contribution in [2.75, 3.05) is 4.90 Å². The predicted octanol–water partition coefficient (Wildman–Crippen LogP) is 15.9. The monoisotopic (exact) mass is 780 g/mol. The van der Waals surface area contributed by atoms with Gasteiger partial charge in [-0.25, -0.2) is 0 Å². The first kappa shape index (κ1) is 35.1. The molecule has 3 nitrogen and oxygen atoms in total. The summed E-state index contributed by atoms with van der Waals surface area (Å²) < 4.78 is 8.74. The summed E-state index contributed by atoms with van der Waals surface area (Å²) in [6.07, 6.45) is 7.96. The van der Waals surface area contributed by atoms with Gasteiger partial charge in [0.2, 0.25) is 0 Å². The summed E-state index contributed by atoms with van der Waals surface area (Å²) in [5.41, 5.74) is 14.9. The van der Waals surface area contributed by atoms with Gasteiger partial charge in [0.05, 0.1) is 11.0 Å². The van der Waals surface area contributed by atoms with Crippen LogP contribution in [0.15, 0.2) is 235 Å². The fourth-order valence-corrected chi connectivity index (χ4v) is 9.63. The molecule has 1 unspecified atom stereocenters. The Kier molecular flexibility index (Phi) is 8.31. The Labute approximate surface area is 354 Å². The van der Waals surface area contributed by atoms with Crippen LogP contribution in [0.3, 0.4) is 0 Å². The van der Waals surface area contributed by atoms with Crippen molar-refractivity contribution < 1.29 is 4.42 Å². The molecule has 2 heterocycles. The third-order valence-corrected chi connectivity index (χ3v) is 12.5. The number of furan rings is 1. The molecule has 0 spiro atoms. The lowest BCUT2D eigenvalue weighted by Crippen LogP contribution is -2.17. The molecule has 9 aromatic carbocycles. The van der Waals surface area contributed by atoms with E-state index in [0.29, 0.717) is 0 Å². The van der Waals surface area contributed by atoms with E-state index in [1.807, 2.05) is 6.07 Å². The fraction of sp³-hybridized carbons (Fsp3) is 0.0345. The third kappa shape index (κ3) is 5.97. The second-order valence-corrected chi connectivity index (χ2v) is 16.0. The third-order valence-electron chi connectivity index (χ3n) is 12.5. The Hall–Kier alpha value is -7.88. The Morgan fingerprint density at radius 3 is 1.82 bits per heavy atom. The Balaban J connectivity index is 0.924. The van der Waals surface area contributed by atoms with Crippen LogP contribution >= 0.6 is 0 Å². The van der Waals surface area contributed by atoms with E-state index in [-0.39, 0.29) is 5.92 Å². The summed E-state index contributed by atoms with van der Waals surface area (Å²) in [4.78, 5) is 2.39. The molecule has 0 saturated carbocycles. The lowest BCUT2D eigenvalue weighted by atomic mass is 9.88. The van der Waals surface area contributed by atoms with Crippen molar-refractivity contribution in [1.82, 2.24) is 4.57 Å². The highest BCUT2D eigenvalue weighted by atomic mass is 16.3. The number of rotatable bonds is 7. The van der Waals surface area contributed by atoms with Crippen LogP contribution < -0.4 is 4.90 Å². The number of benzene rings is 9. The summed E-state index contributed by atoms with van der Waals surface area (Å²) in [7, 11) is 0. The average molecular weight is 781 g/mol. The zero-order valence-electron chi connectivity index (χ0n) is 33.4. The molecule has 0 aliphatic heterocycles. The Bertz CT molecular complexity index is 3480. The molecule has 3 heteroatoms. The van der Waals surface area contributed by atoms with Crippen molar-refractivity contribution in [3.05, 3.63) is 236 Å². The number of nitrogens with zero attached hydrogens (tertiary/aromatic N) is 2. The summed E-state index contributed by atoms with van der Waals surface area (Å²) >= 11 is 0. The van der Waals surface area contributed by atoms with Crippen molar-refractivity contribution >= 4 is 65.9 Å². The number of allylic oxidation sites excluding steroid dienone is 3. The average Bonchev–Trinajstić information content (AvgIpc) is 3.89. The SMILES string of the molecule is C1=CC(N(c2ccc(-c3ccccc3)cc2)c2ccc(-c3ccc(-n4c5ccccc5c5ccc6ccccc6c54)cc3)cc2)=CC(c2cccc3oc4ccccc4c23)C1. The zero-order valence-corrected chi connectivity index (χ0v) is 33.4. The summed E-state index contributed by atoms with van der Waals surface area (Å²) in [5.74, 6) is 0.182. The van der Waals surface area contributed by atoms with Gasteiger partial charge in [0, 0.05) is 55.6 Å². The minimum absolute atomic E-state index is 0.182. The van der Waals surface area contributed by atoms with Crippen molar-refractivity contribution in [3.63, 3.8) is 0 Å². The number of aromatic nitrogens is 1. The lowest BCUT2D eigenvalue weighted by molar-refractivity contribution is 0.668. The van der Waals surface area contributed by atoms with Crippen molar-refractivity contribution in [3.8, 4) is 27.9 Å². The molecule has 2 aromatic heterocycles. The molecule has 61 heavy (non-hydrogen) atoms. The minimum atomic E-state index is 0.182. The molecule has 0 saturated heterocycles. The number of anilines is 2. The van der Waals surface area contributed by atoms with Crippen LogP contribution in [0.5, 0.6) is 0 Å². The van der Waals surface area contributed by atoms with E-state index >= 15 is 0 Å². The van der Waals surface area contributed by atoms with Crippen LogP contribution in [0.2, 0.25) is 0 Å². The fourth-order valence-electron chi connectivity index (χ4n) is 9.63. The van der Waals surface area contributed by atoms with Gasteiger partial charge in [-0.1, -0.05) is 164 Å². The number of hydrogen-bond acceptors (Lipinski definition) is 2. The molecule has 11 aromatic rings. The molecular formula is C58H40N2O. The second kappa shape index (κ2) is 14.4. The largest absolute Gasteiger partial charge is 0.456 e. The van der Waals surface area contributed by atoms with Crippen LogP contribution in [-0.2, 0) is 0 Å². The van der Waals surface area contributed by atoms with Gasteiger partial charge in [-0.2, -0.15) is 0 Å². The highest BCUT2D eigenvalue weighted by Gasteiger charge is 2.23. The molecular weight excluding hydrogens is 741 g/mol. The molecule has 0 amide bonds. The molecule has 12 rings (SSSR count). The van der Waals surface area contributed by atoms with Crippen molar-refractivity contribution in [2.45, 2.75) is 12.3 Å². The van der Waals surface area contributed by atoms with Gasteiger partial charge in [-0.15, -0.1) is 0 Å². The van der Waals surface area contributed by atoms with Crippen LogP contribution in [0.1, 0.15) is 17.9 Å². The summed E-state index contributed by atoms with van der Waals surface area (Å²) in [5, 5.41) is 7.41. The highest BCUT2D eigenvalue weighted by molar-refractivity contribution is 6.18. The smallest absolute Gasteiger partial charge is 0.135 e. The first-order valence-corrected chi connectivity index (χ1v) is 21.1. The van der Waals surface area contributed by atoms with Gasteiger partial charge in [0.1, 0.15) is 11.2 Å². The second-order valence-electron chi connectivity index (χ2n) is 16.0. The number of para-hydroxylation sites is 2. The van der Waals surface area contributed by atoms with Crippen molar-refractivity contribution in [2.24, 2.45) is 0 Å². The molecule has 288 valence electrons. The van der Waals surface area contributed by atoms with Crippen molar-refractivity contribution in [1.29, 1.82) is 0 Å². The van der Waals surface area contributed by atoms with Gasteiger partial charge in [0.25, 0.3) is 0 Å². The van der Waals surface area contributed by atoms with Crippen LogP contribution in [0.25, 0.3) is 82.5 Å². The van der Waals surface area contributed by atoms with Gasteiger partial charge < -0.3 is 13.9 Å². The zero-order chi connectivity index (χ0) is 40.3. The van der Waals surface area contributed by atoms with E-state index in [1.165, 1.54) is 65.8 Å². The molecule has 0 fully saturated rings. The van der Waals surface area contributed by atoms with Gasteiger partial charge in [-0.3, -0.25) is 0 Å². The Morgan fingerprint density at radius 2 is 1.07 bits per heavy atom. The van der Waals surface area contributed by atoms with E-state index in [4.69, 9.17) is 4.42 Å². The maximum Gasteiger partial charge on any atom is 0.135 e. The van der Waals surface area contributed by atoms with Crippen LogP contribution in [0.4, 0.5) is 11.4 Å². The molecule has 1 atom stereocenters. The normalized spacial score (nSPS) is 14.0. The van der Waals surface area contributed by atoms with Gasteiger partial charge in [-0.05, 0) is 100 Å². The predicted molar refractivity (Wildman–Crippen MR) is 256 cm³/mol. The van der Waals surface area contributed by atoms with E-state index in [9.17, 15) is 0 Å². The molecule has 1 aliphatic rings. The van der Waals surface area contributed by atoms with E-state index < -0.39 is 0 Å². The number of hydrogen-bond donors (Lipinski definition) is 0. The quantitative estimate of drug-likeness (QED) is 0.161. The highest BCUT2D eigenvalue weighted by Crippen LogP contribution is 2.42. The first-order chi connectivity index (χ1) is 30.2. The van der Waals surface area contributed by atoms with Crippen LogP contribution in [0, 0.1) is 0 Å². The van der Waals surface area contributed by atoms with E-state index in [0.717, 1.165) is 45.7 Å². The molecule has 1 aliphatic carbocycles. The van der Waals surface area contributed by atoms with E-state index in [1.54, 1.807) is 0 Å².